The fourth-order valence-electron chi connectivity index (χ4n) is 1.64. The van der Waals surface area contributed by atoms with Gasteiger partial charge in [0.25, 0.3) is 0 Å². The SMILES string of the molecule is O=C1N[C@H](C(=O)O)C/C1=C\Nc1cccc(Br)c1. The van der Waals surface area contributed by atoms with Crippen LogP contribution in [0, 0.1) is 0 Å². The van der Waals surface area contributed by atoms with Crippen LogP contribution in [0.3, 0.4) is 0 Å². The van der Waals surface area contributed by atoms with Crippen LogP contribution in [0.25, 0.3) is 0 Å². The minimum absolute atomic E-state index is 0.190. The van der Waals surface area contributed by atoms with Crippen LogP contribution in [-0.4, -0.2) is 23.0 Å². The zero-order valence-corrected chi connectivity index (χ0v) is 10.9. The summed E-state index contributed by atoms with van der Waals surface area (Å²) in [5, 5.41) is 14.2. The summed E-state index contributed by atoms with van der Waals surface area (Å²) in [7, 11) is 0. The maximum absolute atomic E-state index is 11.5. The quantitative estimate of drug-likeness (QED) is 0.743. The molecule has 1 heterocycles. The number of benzene rings is 1. The van der Waals surface area contributed by atoms with Crippen LogP contribution in [0.1, 0.15) is 6.42 Å². The van der Waals surface area contributed by atoms with Crippen molar-refractivity contribution in [3.63, 3.8) is 0 Å². The topological polar surface area (TPSA) is 78.4 Å². The minimum atomic E-state index is -1.02. The zero-order valence-electron chi connectivity index (χ0n) is 9.31. The monoisotopic (exact) mass is 310 g/mol. The van der Waals surface area contributed by atoms with Gasteiger partial charge in [0, 0.05) is 28.4 Å². The highest BCUT2D eigenvalue weighted by Gasteiger charge is 2.31. The first-order valence-corrected chi connectivity index (χ1v) is 6.10. The minimum Gasteiger partial charge on any atom is -0.480 e. The molecule has 1 fully saturated rings. The molecule has 1 aromatic rings. The van der Waals surface area contributed by atoms with Crippen molar-refractivity contribution in [1.29, 1.82) is 0 Å². The predicted molar refractivity (Wildman–Crippen MR) is 70.0 cm³/mol. The van der Waals surface area contributed by atoms with Crippen LogP contribution in [0.5, 0.6) is 0 Å². The molecule has 0 unspecified atom stereocenters. The number of hydrogen-bond donors (Lipinski definition) is 3. The number of carbonyl (C=O) groups is 2. The molecule has 1 amide bonds. The van der Waals surface area contributed by atoms with Crippen molar-refractivity contribution in [3.8, 4) is 0 Å². The van der Waals surface area contributed by atoms with E-state index in [-0.39, 0.29) is 12.3 Å². The summed E-state index contributed by atoms with van der Waals surface area (Å²) in [5.74, 6) is -1.36. The van der Waals surface area contributed by atoms with Gasteiger partial charge in [0.1, 0.15) is 6.04 Å². The molecule has 0 saturated carbocycles. The number of halogens is 1. The van der Waals surface area contributed by atoms with Gasteiger partial charge in [-0.05, 0) is 18.2 Å². The molecule has 1 aromatic carbocycles. The molecule has 1 atom stereocenters. The first kappa shape index (κ1) is 12.6. The fourth-order valence-corrected chi connectivity index (χ4v) is 2.04. The molecule has 2 rings (SSSR count). The van der Waals surface area contributed by atoms with E-state index in [1.54, 1.807) is 6.20 Å². The van der Waals surface area contributed by atoms with E-state index in [9.17, 15) is 9.59 Å². The lowest BCUT2D eigenvalue weighted by Gasteiger charge is -2.02. The molecular formula is C12H11BrN2O3. The van der Waals surface area contributed by atoms with Crippen molar-refractivity contribution in [2.24, 2.45) is 0 Å². The molecule has 0 aliphatic carbocycles. The molecular weight excluding hydrogens is 300 g/mol. The number of hydrogen-bond acceptors (Lipinski definition) is 3. The van der Waals surface area contributed by atoms with E-state index < -0.39 is 12.0 Å². The number of carbonyl (C=O) groups excluding carboxylic acids is 1. The Balaban J connectivity index is 2.06. The van der Waals surface area contributed by atoms with Gasteiger partial charge in [0.2, 0.25) is 5.91 Å². The summed E-state index contributed by atoms with van der Waals surface area (Å²) in [6, 6.07) is 6.64. The summed E-state index contributed by atoms with van der Waals surface area (Å²) in [6.07, 6.45) is 1.73. The number of amides is 1. The number of carboxylic acid groups (broad SMARTS) is 1. The van der Waals surface area contributed by atoms with Gasteiger partial charge < -0.3 is 15.7 Å². The van der Waals surface area contributed by atoms with E-state index in [4.69, 9.17) is 5.11 Å². The first-order chi connectivity index (χ1) is 8.56. The van der Waals surface area contributed by atoms with E-state index in [0.29, 0.717) is 5.57 Å². The van der Waals surface area contributed by atoms with Crippen molar-refractivity contribution in [3.05, 3.63) is 40.5 Å². The van der Waals surface area contributed by atoms with Gasteiger partial charge in [0.15, 0.2) is 0 Å². The number of aliphatic carboxylic acids is 1. The van der Waals surface area contributed by atoms with E-state index in [1.165, 1.54) is 0 Å². The molecule has 3 N–H and O–H groups in total. The van der Waals surface area contributed by atoms with Gasteiger partial charge in [-0.25, -0.2) is 4.79 Å². The van der Waals surface area contributed by atoms with Crippen LogP contribution in [0.4, 0.5) is 5.69 Å². The Morgan fingerprint density at radius 1 is 1.56 bits per heavy atom. The maximum Gasteiger partial charge on any atom is 0.326 e. The van der Waals surface area contributed by atoms with Crippen LogP contribution in [-0.2, 0) is 9.59 Å². The molecule has 0 spiro atoms. The highest BCUT2D eigenvalue weighted by molar-refractivity contribution is 9.10. The van der Waals surface area contributed by atoms with Crippen molar-refractivity contribution >= 4 is 33.5 Å². The normalized spacial score (nSPS) is 20.8. The van der Waals surface area contributed by atoms with Gasteiger partial charge in [-0.3, -0.25) is 4.79 Å². The second kappa shape index (κ2) is 5.22. The van der Waals surface area contributed by atoms with Crippen LogP contribution in [0.15, 0.2) is 40.5 Å². The third-order valence-electron chi connectivity index (χ3n) is 2.56. The third kappa shape index (κ3) is 2.89. The summed E-state index contributed by atoms with van der Waals surface area (Å²) in [6.45, 7) is 0. The number of carboxylic acids is 1. The Morgan fingerprint density at radius 3 is 2.94 bits per heavy atom. The third-order valence-corrected chi connectivity index (χ3v) is 3.05. The Hall–Kier alpha value is -1.82. The van der Waals surface area contributed by atoms with Crippen molar-refractivity contribution in [2.75, 3.05) is 5.32 Å². The van der Waals surface area contributed by atoms with E-state index in [0.717, 1.165) is 10.2 Å². The van der Waals surface area contributed by atoms with Crippen LogP contribution in [0.2, 0.25) is 0 Å². The predicted octanol–water partition coefficient (Wildman–Crippen LogP) is 1.72. The maximum atomic E-state index is 11.5. The van der Waals surface area contributed by atoms with Crippen LogP contribution < -0.4 is 10.6 Å². The molecule has 1 aliphatic rings. The highest BCUT2D eigenvalue weighted by atomic mass is 79.9. The Labute approximate surface area is 112 Å². The van der Waals surface area contributed by atoms with Gasteiger partial charge in [-0.2, -0.15) is 0 Å². The Kier molecular flexibility index (Phi) is 3.66. The molecule has 0 aromatic heterocycles. The molecule has 18 heavy (non-hydrogen) atoms. The number of anilines is 1. The van der Waals surface area contributed by atoms with Crippen molar-refractivity contribution in [2.45, 2.75) is 12.5 Å². The van der Waals surface area contributed by atoms with E-state index >= 15 is 0 Å². The highest BCUT2D eigenvalue weighted by Crippen LogP contribution is 2.18. The molecule has 0 radical (unpaired) electrons. The van der Waals surface area contributed by atoms with Crippen LogP contribution >= 0.6 is 15.9 Å². The standard InChI is InChI=1S/C12H11BrN2O3/c13-8-2-1-3-9(5-8)14-6-7-4-10(12(17)18)15-11(7)16/h1-3,5-6,10,14H,4H2,(H,15,16)(H,17,18)/b7-6+/t10-/m0/s1. The Bertz CT molecular complexity index is 528. The Morgan fingerprint density at radius 2 is 2.33 bits per heavy atom. The molecule has 1 aliphatic heterocycles. The van der Waals surface area contributed by atoms with Gasteiger partial charge in [0.05, 0.1) is 0 Å². The van der Waals surface area contributed by atoms with Gasteiger partial charge in [-0.1, -0.05) is 22.0 Å². The van der Waals surface area contributed by atoms with Crippen molar-refractivity contribution in [1.82, 2.24) is 5.32 Å². The smallest absolute Gasteiger partial charge is 0.326 e. The lowest BCUT2D eigenvalue weighted by atomic mass is 10.1. The largest absolute Gasteiger partial charge is 0.480 e. The number of nitrogens with one attached hydrogen (secondary N) is 2. The fraction of sp³-hybridized carbons (Fsp3) is 0.167. The summed E-state index contributed by atoms with van der Waals surface area (Å²) in [4.78, 5) is 22.2. The average molecular weight is 311 g/mol. The van der Waals surface area contributed by atoms with Crippen molar-refractivity contribution < 1.29 is 14.7 Å². The average Bonchev–Trinajstić information content (AvgIpc) is 2.68. The van der Waals surface area contributed by atoms with E-state index in [1.807, 2.05) is 24.3 Å². The molecule has 94 valence electrons. The molecule has 0 bridgehead atoms. The summed E-state index contributed by atoms with van der Waals surface area (Å²) >= 11 is 3.34. The van der Waals surface area contributed by atoms with E-state index in [2.05, 4.69) is 26.6 Å². The lowest BCUT2D eigenvalue weighted by Crippen LogP contribution is -2.32. The second-order valence-corrected chi connectivity index (χ2v) is 4.81. The summed E-state index contributed by atoms with van der Waals surface area (Å²) < 4.78 is 0.921. The first-order valence-electron chi connectivity index (χ1n) is 5.31. The summed E-state index contributed by atoms with van der Waals surface area (Å²) in [5.41, 5.74) is 1.26. The second-order valence-electron chi connectivity index (χ2n) is 3.89. The van der Waals surface area contributed by atoms with Gasteiger partial charge in [-0.15, -0.1) is 0 Å². The zero-order chi connectivity index (χ0) is 13.1. The number of rotatable bonds is 3. The molecule has 6 heteroatoms. The molecule has 1 saturated heterocycles. The van der Waals surface area contributed by atoms with Gasteiger partial charge >= 0.3 is 5.97 Å². The lowest BCUT2D eigenvalue weighted by molar-refractivity contribution is -0.140. The molecule has 5 nitrogen and oxygen atoms in total.